The number of nitrogens with one attached hydrogen (secondary N) is 1. The number of halogens is 1. The summed E-state index contributed by atoms with van der Waals surface area (Å²) >= 11 is 6.16. The monoisotopic (exact) mass is 450 g/mol. The number of rotatable bonds is 6. The smallest absolute Gasteiger partial charge is 0.271 e. The molecule has 4 aromatic rings. The molecule has 0 atom stereocenters. The number of fused-ring (bicyclic) bond motifs is 1. The van der Waals surface area contributed by atoms with Gasteiger partial charge in [0.15, 0.2) is 11.5 Å². The lowest BCUT2D eigenvalue weighted by Crippen LogP contribution is -2.27. The largest absolute Gasteiger partial charge is 0.463 e. The number of hydrogen-bond donors (Lipinski definition) is 1. The zero-order valence-corrected chi connectivity index (χ0v) is 18.3. The molecule has 5 rings (SSSR count). The van der Waals surface area contributed by atoms with Crippen LogP contribution in [0.3, 0.4) is 0 Å². The first-order valence-corrected chi connectivity index (χ1v) is 11.2. The van der Waals surface area contributed by atoms with Gasteiger partial charge in [0.25, 0.3) is 5.91 Å². The molecule has 0 saturated heterocycles. The van der Waals surface area contributed by atoms with E-state index in [1.165, 1.54) is 6.42 Å². The standard InChI is InChI=1S/C23H23ClN6O2/c24-16-6-4-7-17(14-16)30-19(20-8-5-13-32-20)15-18(28-30)23(31)25-11-10-22-27-26-21-9-2-1-3-12-29(21)22/h4-8,13-15H,1-3,9-12H2,(H,25,31). The lowest BCUT2D eigenvalue weighted by molar-refractivity contribution is 0.0948. The van der Waals surface area contributed by atoms with Crippen LogP contribution in [0.5, 0.6) is 0 Å². The number of aromatic nitrogens is 5. The third-order valence-corrected chi connectivity index (χ3v) is 5.82. The van der Waals surface area contributed by atoms with Crippen LogP contribution in [0.15, 0.2) is 53.1 Å². The highest BCUT2D eigenvalue weighted by Crippen LogP contribution is 2.26. The van der Waals surface area contributed by atoms with Gasteiger partial charge in [0, 0.05) is 37.0 Å². The van der Waals surface area contributed by atoms with Crippen molar-refractivity contribution in [2.75, 3.05) is 6.54 Å². The molecule has 0 unspecified atom stereocenters. The molecule has 164 valence electrons. The first kappa shape index (κ1) is 20.5. The van der Waals surface area contributed by atoms with Crippen molar-refractivity contribution in [1.29, 1.82) is 0 Å². The van der Waals surface area contributed by atoms with Crippen molar-refractivity contribution in [3.63, 3.8) is 0 Å². The van der Waals surface area contributed by atoms with Crippen LogP contribution in [0.25, 0.3) is 17.1 Å². The van der Waals surface area contributed by atoms with E-state index in [-0.39, 0.29) is 5.91 Å². The Balaban J connectivity index is 1.33. The van der Waals surface area contributed by atoms with Crippen molar-refractivity contribution >= 4 is 17.5 Å². The number of carbonyl (C=O) groups is 1. The Hall–Kier alpha value is -3.39. The molecule has 9 heteroatoms. The van der Waals surface area contributed by atoms with E-state index in [1.807, 2.05) is 18.2 Å². The Morgan fingerprint density at radius 2 is 2.06 bits per heavy atom. The molecule has 0 spiro atoms. The van der Waals surface area contributed by atoms with Gasteiger partial charge in [0.2, 0.25) is 0 Å². The van der Waals surface area contributed by atoms with E-state index in [0.717, 1.165) is 43.1 Å². The van der Waals surface area contributed by atoms with Crippen molar-refractivity contribution in [3.05, 3.63) is 71.1 Å². The predicted octanol–water partition coefficient (Wildman–Crippen LogP) is 4.08. The maximum atomic E-state index is 12.9. The lowest BCUT2D eigenvalue weighted by atomic mass is 10.2. The third-order valence-electron chi connectivity index (χ3n) is 5.59. The van der Waals surface area contributed by atoms with Crippen molar-refractivity contribution in [3.8, 4) is 17.1 Å². The van der Waals surface area contributed by atoms with Crippen molar-refractivity contribution in [1.82, 2.24) is 29.9 Å². The molecule has 1 aliphatic heterocycles. The zero-order chi connectivity index (χ0) is 21.9. The molecule has 0 saturated carbocycles. The van der Waals surface area contributed by atoms with Gasteiger partial charge in [-0.05, 0) is 43.2 Å². The van der Waals surface area contributed by atoms with Gasteiger partial charge in [-0.2, -0.15) is 5.10 Å². The summed E-state index contributed by atoms with van der Waals surface area (Å²) in [6.07, 6.45) is 6.69. The highest BCUT2D eigenvalue weighted by atomic mass is 35.5. The number of benzene rings is 1. The summed E-state index contributed by atoms with van der Waals surface area (Å²) in [6, 6.07) is 12.6. The second kappa shape index (κ2) is 9.00. The van der Waals surface area contributed by atoms with E-state index in [9.17, 15) is 4.79 Å². The molecule has 0 fully saturated rings. The summed E-state index contributed by atoms with van der Waals surface area (Å²) in [5.74, 6) is 2.33. The first-order valence-electron chi connectivity index (χ1n) is 10.8. The Bertz CT molecular complexity index is 1230. The molecule has 1 aliphatic rings. The van der Waals surface area contributed by atoms with Crippen molar-refractivity contribution in [2.45, 2.75) is 38.6 Å². The molecule has 0 bridgehead atoms. The minimum Gasteiger partial charge on any atom is -0.463 e. The van der Waals surface area contributed by atoms with Crippen molar-refractivity contribution < 1.29 is 9.21 Å². The van der Waals surface area contributed by atoms with Crippen LogP contribution in [-0.2, 0) is 19.4 Å². The fourth-order valence-corrected chi connectivity index (χ4v) is 4.19. The van der Waals surface area contributed by atoms with E-state index in [4.69, 9.17) is 16.0 Å². The van der Waals surface area contributed by atoms with Crippen molar-refractivity contribution in [2.24, 2.45) is 0 Å². The Kier molecular flexibility index (Phi) is 5.77. The molecule has 0 aliphatic carbocycles. The topological polar surface area (TPSA) is 90.8 Å². The van der Waals surface area contributed by atoms with Crippen LogP contribution in [-0.4, -0.2) is 37.0 Å². The molecule has 0 radical (unpaired) electrons. The number of hydrogen-bond acceptors (Lipinski definition) is 5. The van der Waals surface area contributed by atoms with Gasteiger partial charge in [-0.3, -0.25) is 4.79 Å². The summed E-state index contributed by atoms with van der Waals surface area (Å²) in [7, 11) is 0. The van der Waals surface area contributed by atoms with Crippen LogP contribution in [0.4, 0.5) is 0 Å². The Morgan fingerprint density at radius 3 is 2.91 bits per heavy atom. The fraction of sp³-hybridized carbons (Fsp3) is 0.304. The highest BCUT2D eigenvalue weighted by Gasteiger charge is 2.19. The van der Waals surface area contributed by atoms with Crippen LogP contribution in [0, 0.1) is 0 Å². The molecule has 3 aromatic heterocycles. The second-order valence-electron chi connectivity index (χ2n) is 7.78. The minimum atomic E-state index is -0.255. The zero-order valence-electron chi connectivity index (χ0n) is 17.5. The Morgan fingerprint density at radius 1 is 1.12 bits per heavy atom. The molecule has 1 N–H and O–H groups in total. The van der Waals surface area contributed by atoms with E-state index < -0.39 is 0 Å². The molecular formula is C23H23ClN6O2. The quantitative estimate of drug-likeness (QED) is 0.478. The average molecular weight is 451 g/mol. The first-order chi connectivity index (χ1) is 15.7. The molecule has 1 aromatic carbocycles. The molecular weight excluding hydrogens is 428 g/mol. The third kappa shape index (κ3) is 4.18. The molecule has 8 nitrogen and oxygen atoms in total. The number of amides is 1. The number of carbonyl (C=O) groups excluding carboxylic acids is 1. The van der Waals surface area contributed by atoms with E-state index in [1.54, 1.807) is 35.2 Å². The van der Waals surface area contributed by atoms with Gasteiger partial charge in [-0.1, -0.05) is 24.1 Å². The number of nitrogens with zero attached hydrogens (tertiary/aromatic N) is 5. The van der Waals surface area contributed by atoms with Crippen LogP contribution >= 0.6 is 11.6 Å². The van der Waals surface area contributed by atoms with Gasteiger partial charge in [0.05, 0.1) is 12.0 Å². The molecule has 1 amide bonds. The summed E-state index contributed by atoms with van der Waals surface area (Å²) in [5, 5.41) is 16.7. The van der Waals surface area contributed by atoms with Gasteiger partial charge >= 0.3 is 0 Å². The molecule has 4 heterocycles. The van der Waals surface area contributed by atoms with Crippen LogP contribution in [0.1, 0.15) is 41.4 Å². The minimum absolute atomic E-state index is 0.255. The van der Waals surface area contributed by atoms with E-state index >= 15 is 0 Å². The maximum absolute atomic E-state index is 12.9. The van der Waals surface area contributed by atoms with Gasteiger partial charge in [-0.25, -0.2) is 4.68 Å². The SMILES string of the molecule is O=C(NCCc1nnc2n1CCCCC2)c1cc(-c2ccco2)n(-c2cccc(Cl)c2)n1. The number of aryl methyl sites for hydroxylation is 1. The lowest BCUT2D eigenvalue weighted by Gasteiger charge is -2.07. The molecule has 32 heavy (non-hydrogen) atoms. The van der Waals surface area contributed by atoms with E-state index in [2.05, 4.69) is 25.2 Å². The van der Waals surface area contributed by atoms with Crippen LogP contribution in [0.2, 0.25) is 5.02 Å². The average Bonchev–Trinajstić information content (AvgIpc) is 3.51. The summed E-state index contributed by atoms with van der Waals surface area (Å²) in [5.41, 5.74) is 1.72. The van der Waals surface area contributed by atoms with Gasteiger partial charge in [0.1, 0.15) is 17.3 Å². The second-order valence-corrected chi connectivity index (χ2v) is 8.22. The van der Waals surface area contributed by atoms with Crippen LogP contribution < -0.4 is 5.32 Å². The van der Waals surface area contributed by atoms with Gasteiger partial charge < -0.3 is 14.3 Å². The summed E-state index contributed by atoms with van der Waals surface area (Å²) < 4.78 is 9.42. The Labute approximate surface area is 190 Å². The number of furan rings is 1. The summed E-state index contributed by atoms with van der Waals surface area (Å²) in [4.78, 5) is 12.9. The normalized spacial score (nSPS) is 13.5. The fourth-order valence-electron chi connectivity index (χ4n) is 4.01. The predicted molar refractivity (Wildman–Crippen MR) is 120 cm³/mol. The van der Waals surface area contributed by atoms with Gasteiger partial charge in [-0.15, -0.1) is 10.2 Å². The summed E-state index contributed by atoms with van der Waals surface area (Å²) in [6.45, 7) is 1.40. The maximum Gasteiger partial charge on any atom is 0.271 e. The van der Waals surface area contributed by atoms with E-state index in [0.29, 0.717) is 35.1 Å². The highest BCUT2D eigenvalue weighted by molar-refractivity contribution is 6.30.